The molecule has 3 amide bonds. The minimum absolute atomic E-state index is 0.0346. The van der Waals surface area contributed by atoms with Crippen molar-refractivity contribution in [3.05, 3.63) is 99.5 Å². The molecule has 1 aliphatic rings. The average molecular weight is 497 g/mol. The van der Waals surface area contributed by atoms with E-state index in [-0.39, 0.29) is 28.3 Å². The molecule has 172 valence electrons. The fourth-order valence-electron chi connectivity index (χ4n) is 3.62. The summed E-state index contributed by atoms with van der Waals surface area (Å²) in [5.41, 5.74) is 1.41. The minimum Gasteiger partial charge on any atom is -0.454 e. The molecule has 0 aliphatic carbocycles. The second-order valence-electron chi connectivity index (χ2n) is 7.51. The van der Waals surface area contributed by atoms with Crippen molar-refractivity contribution in [3.8, 4) is 0 Å². The van der Waals surface area contributed by atoms with E-state index in [9.17, 15) is 19.2 Å². The molecule has 0 saturated carbocycles. The van der Waals surface area contributed by atoms with E-state index in [1.54, 1.807) is 42.5 Å². The lowest BCUT2D eigenvalue weighted by atomic mass is 10.0. The monoisotopic (exact) mass is 496 g/mol. The number of hydrogen-bond acceptors (Lipinski definition) is 5. The summed E-state index contributed by atoms with van der Waals surface area (Å²) in [6.45, 7) is -0.643. The summed E-state index contributed by atoms with van der Waals surface area (Å²) in [6.07, 6.45) is 0.0346. The first kappa shape index (κ1) is 23.5. The Morgan fingerprint density at radius 2 is 1.50 bits per heavy atom. The molecule has 0 spiro atoms. The van der Waals surface area contributed by atoms with E-state index in [1.165, 1.54) is 24.3 Å². The SMILES string of the molecule is O=C(COC(=O)[C@H](Cc1ccccc1)N1C(=O)c2ccccc2C1=O)Nc1cc(Cl)ccc1Cl. The molecule has 1 heterocycles. The molecular formula is C25H18Cl2N2O5. The Morgan fingerprint density at radius 3 is 2.15 bits per heavy atom. The van der Waals surface area contributed by atoms with Crippen molar-refractivity contribution in [2.24, 2.45) is 0 Å². The van der Waals surface area contributed by atoms with Gasteiger partial charge in [-0.15, -0.1) is 0 Å². The predicted molar refractivity (Wildman–Crippen MR) is 127 cm³/mol. The Labute approximate surface area is 205 Å². The van der Waals surface area contributed by atoms with Crippen LogP contribution in [-0.4, -0.2) is 41.2 Å². The van der Waals surface area contributed by atoms with Gasteiger partial charge in [0, 0.05) is 11.4 Å². The van der Waals surface area contributed by atoms with E-state index in [1.807, 2.05) is 6.07 Å². The Morgan fingerprint density at radius 1 is 0.882 bits per heavy atom. The number of amides is 3. The number of carbonyl (C=O) groups is 4. The number of esters is 1. The Bertz CT molecular complexity index is 1240. The van der Waals surface area contributed by atoms with E-state index in [2.05, 4.69) is 5.32 Å². The highest BCUT2D eigenvalue weighted by Gasteiger charge is 2.43. The topological polar surface area (TPSA) is 92.8 Å². The molecule has 0 fully saturated rings. The molecule has 3 aromatic carbocycles. The van der Waals surface area contributed by atoms with Gasteiger partial charge in [0.2, 0.25) is 0 Å². The number of fused-ring (bicyclic) bond motifs is 1. The first-order valence-electron chi connectivity index (χ1n) is 10.3. The van der Waals surface area contributed by atoms with Gasteiger partial charge in [-0.05, 0) is 35.9 Å². The largest absolute Gasteiger partial charge is 0.454 e. The van der Waals surface area contributed by atoms with Crippen molar-refractivity contribution in [2.75, 3.05) is 11.9 Å². The summed E-state index contributed by atoms with van der Waals surface area (Å²) in [5.74, 6) is -2.72. The van der Waals surface area contributed by atoms with Gasteiger partial charge >= 0.3 is 5.97 Å². The van der Waals surface area contributed by atoms with Gasteiger partial charge in [-0.2, -0.15) is 0 Å². The molecule has 0 unspecified atom stereocenters. The lowest BCUT2D eigenvalue weighted by molar-refractivity contribution is -0.151. The van der Waals surface area contributed by atoms with Crippen molar-refractivity contribution in [1.29, 1.82) is 0 Å². The third-order valence-electron chi connectivity index (χ3n) is 5.23. The van der Waals surface area contributed by atoms with Gasteiger partial charge in [0.05, 0.1) is 21.8 Å². The number of imide groups is 1. The lowest BCUT2D eigenvalue weighted by Gasteiger charge is -2.24. The Hall–Kier alpha value is -3.68. The fourth-order valence-corrected chi connectivity index (χ4v) is 3.96. The van der Waals surface area contributed by atoms with Crippen molar-refractivity contribution in [2.45, 2.75) is 12.5 Å². The zero-order valence-corrected chi connectivity index (χ0v) is 19.2. The van der Waals surface area contributed by atoms with Crippen LogP contribution in [0.1, 0.15) is 26.3 Å². The highest BCUT2D eigenvalue weighted by atomic mass is 35.5. The van der Waals surface area contributed by atoms with Gasteiger partial charge in [-0.25, -0.2) is 4.79 Å². The molecule has 34 heavy (non-hydrogen) atoms. The highest BCUT2D eigenvalue weighted by molar-refractivity contribution is 6.35. The van der Waals surface area contributed by atoms with Crippen molar-refractivity contribution in [1.82, 2.24) is 4.90 Å². The third-order valence-corrected chi connectivity index (χ3v) is 5.79. The number of hydrogen-bond donors (Lipinski definition) is 1. The van der Waals surface area contributed by atoms with Crippen LogP contribution in [0.2, 0.25) is 10.0 Å². The van der Waals surface area contributed by atoms with Gasteiger partial charge in [0.25, 0.3) is 17.7 Å². The quantitative estimate of drug-likeness (QED) is 0.386. The smallest absolute Gasteiger partial charge is 0.330 e. The zero-order chi connectivity index (χ0) is 24.2. The number of halogens is 2. The van der Waals surface area contributed by atoms with Gasteiger partial charge in [-0.1, -0.05) is 65.7 Å². The van der Waals surface area contributed by atoms with Crippen LogP contribution in [-0.2, 0) is 20.7 Å². The van der Waals surface area contributed by atoms with Crippen LogP contribution in [0.4, 0.5) is 5.69 Å². The van der Waals surface area contributed by atoms with Crippen LogP contribution in [0.25, 0.3) is 0 Å². The molecule has 0 saturated heterocycles. The molecule has 1 aliphatic heterocycles. The van der Waals surface area contributed by atoms with E-state index in [4.69, 9.17) is 27.9 Å². The maximum atomic E-state index is 13.1. The summed E-state index contributed by atoms with van der Waals surface area (Å²) >= 11 is 12.0. The molecular weight excluding hydrogens is 479 g/mol. The normalized spacial score (nSPS) is 13.4. The molecule has 0 aromatic heterocycles. The van der Waals surface area contributed by atoms with Crippen LogP contribution >= 0.6 is 23.2 Å². The van der Waals surface area contributed by atoms with Crippen LogP contribution in [0, 0.1) is 0 Å². The number of anilines is 1. The van der Waals surface area contributed by atoms with E-state index in [0.29, 0.717) is 5.02 Å². The number of rotatable bonds is 7. The molecule has 1 N–H and O–H groups in total. The van der Waals surface area contributed by atoms with Crippen molar-refractivity contribution < 1.29 is 23.9 Å². The van der Waals surface area contributed by atoms with Gasteiger partial charge < -0.3 is 10.1 Å². The fraction of sp³-hybridized carbons (Fsp3) is 0.120. The summed E-state index contributed by atoms with van der Waals surface area (Å²) in [6, 6.07) is 18.5. The number of carbonyl (C=O) groups excluding carboxylic acids is 4. The van der Waals surface area contributed by atoms with Crippen LogP contribution in [0.15, 0.2) is 72.8 Å². The summed E-state index contributed by atoms with van der Waals surface area (Å²) < 4.78 is 5.22. The first-order chi connectivity index (χ1) is 16.3. The Kier molecular flexibility index (Phi) is 6.95. The van der Waals surface area contributed by atoms with Crippen LogP contribution < -0.4 is 5.32 Å². The average Bonchev–Trinajstić information content (AvgIpc) is 3.09. The second kappa shape index (κ2) is 10.1. The maximum Gasteiger partial charge on any atom is 0.330 e. The van der Waals surface area contributed by atoms with E-state index < -0.39 is 36.3 Å². The van der Waals surface area contributed by atoms with Gasteiger partial charge in [0.15, 0.2) is 6.61 Å². The van der Waals surface area contributed by atoms with Gasteiger partial charge in [-0.3, -0.25) is 19.3 Å². The van der Waals surface area contributed by atoms with E-state index in [0.717, 1.165) is 10.5 Å². The number of ether oxygens (including phenoxy) is 1. The second-order valence-corrected chi connectivity index (χ2v) is 8.36. The highest BCUT2D eigenvalue weighted by Crippen LogP contribution is 2.27. The summed E-state index contributed by atoms with van der Waals surface area (Å²) in [7, 11) is 0. The molecule has 3 aromatic rings. The molecule has 4 rings (SSSR count). The molecule has 9 heteroatoms. The zero-order valence-electron chi connectivity index (χ0n) is 17.7. The van der Waals surface area contributed by atoms with Crippen molar-refractivity contribution >= 4 is 52.6 Å². The standard InChI is InChI=1S/C25H18Cl2N2O5/c26-16-10-11-19(27)20(13-16)28-22(30)14-34-25(33)21(12-15-6-2-1-3-7-15)29-23(31)17-8-4-5-9-18(17)24(29)32/h1-11,13,21H,12,14H2,(H,28,30)/t21-/m0/s1. The number of nitrogens with one attached hydrogen (secondary N) is 1. The summed E-state index contributed by atoms with van der Waals surface area (Å²) in [5, 5.41) is 3.14. The first-order valence-corrected chi connectivity index (χ1v) is 11.0. The van der Waals surface area contributed by atoms with Gasteiger partial charge in [0.1, 0.15) is 6.04 Å². The van der Waals surface area contributed by atoms with E-state index >= 15 is 0 Å². The van der Waals surface area contributed by atoms with Crippen LogP contribution in [0.3, 0.4) is 0 Å². The maximum absolute atomic E-state index is 13.1. The number of benzene rings is 3. The molecule has 1 atom stereocenters. The lowest BCUT2D eigenvalue weighted by Crippen LogP contribution is -2.47. The predicted octanol–water partition coefficient (Wildman–Crippen LogP) is 4.38. The summed E-state index contributed by atoms with van der Waals surface area (Å²) in [4.78, 5) is 52.3. The number of nitrogens with zero attached hydrogens (tertiary/aromatic N) is 1. The molecule has 7 nitrogen and oxygen atoms in total. The van der Waals surface area contributed by atoms with Crippen LogP contribution in [0.5, 0.6) is 0 Å². The molecule has 0 radical (unpaired) electrons. The minimum atomic E-state index is -1.25. The van der Waals surface area contributed by atoms with Crippen molar-refractivity contribution in [3.63, 3.8) is 0 Å². The Balaban J connectivity index is 1.52. The third kappa shape index (κ3) is 4.95. The molecule has 0 bridgehead atoms.